The molecule has 0 aliphatic heterocycles. The maximum atomic E-state index is 12.7. The van der Waals surface area contributed by atoms with E-state index >= 15 is 0 Å². The zero-order valence-corrected chi connectivity index (χ0v) is 16.3. The van der Waals surface area contributed by atoms with Crippen molar-refractivity contribution < 1.29 is 4.79 Å². The van der Waals surface area contributed by atoms with Crippen LogP contribution in [0.5, 0.6) is 0 Å². The molecule has 2 heterocycles. The first kappa shape index (κ1) is 18.8. The van der Waals surface area contributed by atoms with E-state index in [1.54, 1.807) is 6.07 Å². The van der Waals surface area contributed by atoms with Crippen LogP contribution in [0.3, 0.4) is 0 Å². The van der Waals surface area contributed by atoms with Crippen molar-refractivity contribution in [2.75, 3.05) is 0 Å². The fourth-order valence-corrected chi connectivity index (χ4v) is 3.14. The Bertz CT molecular complexity index is 1260. The molecular formula is C20H17ClN6O2. The van der Waals surface area contributed by atoms with Gasteiger partial charge in [0, 0.05) is 11.6 Å². The number of carbonyl (C=O) groups excluding carboxylic acids is 1. The van der Waals surface area contributed by atoms with Crippen molar-refractivity contribution in [2.24, 2.45) is 0 Å². The summed E-state index contributed by atoms with van der Waals surface area (Å²) in [6, 6.07) is 14.9. The van der Waals surface area contributed by atoms with Crippen molar-refractivity contribution >= 4 is 28.7 Å². The summed E-state index contributed by atoms with van der Waals surface area (Å²) in [6.07, 6.45) is 1.33. The van der Waals surface area contributed by atoms with Crippen molar-refractivity contribution in [3.8, 4) is 5.69 Å². The second-order valence-electron chi connectivity index (χ2n) is 6.56. The molecule has 0 saturated heterocycles. The first-order valence-electron chi connectivity index (χ1n) is 8.91. The molecular weight excluding hydrogens is 392 g/mol. The van der Waals surface area contributed by atoms with E-state index in [4.69, 9.17) is 11.6 Å². The SMILES string of the molecule is Cc1cccc(-n2nnc3c(=O)n(CC(=O)NCc4ccccc4Cl)cnc32)c1. The summed E-state index contributed by atoms with van der Waals surface area (Å²) in [5.41, 5.74) is 2.62. The molecule has 0 spiro atoms. The third kappa shape index (κ3) is 3.88. The number of nitrogens with zero attached hydrogens (tertiary/aromatic N) is 5. The van der Waals surface area contributed by atoms with Gasteiger partial charge in [-0.3, -0.25) is 14.2 Å². The Morgan fingerprint density at radius 1 is 1.17 bits per heavy atom. The van der Waals surface area contributed by atoms with Crippen molar-refractivity contribution in [3.63, 3.8) is 0 Å². The van der Waals surface area contributed by atoms with Gasteiger partial charge in [-0.25, -0.2) is 4.98 Å². The quantitative estimate of drug-likeness (QED) is 0.546. The Morgan fingerprint density at radius 3 is 2.79 bits per heavy atom. The minimum Gasteiger partial charge on any atom is -0.350 e. The number of rotatable bonds is 5. The Balaban J connectivity index is 1.54. The maximum Gasteiger partial charge on any atom is 0.284 e. The van der Waals surface area contributed by atoms with Crippen LogP contribution in [0.1, 0.15) is 11.1 Å². The highest BCUT2D eigenvalue weighted by atomic mass is 35.5. The Hall–Kier alpha value is -3.52. The predicted molar refractivity (Wildman–Crippen MR) is 109 cm³/mol. The predicted octanol–water partition coefficient (Wildman–Crippen LogP) is 2.26. The number of halogens is 1. The van der Waals surface area contributed by atoms with Gasteiger partial charge in [-0.2, -0.15) is 4.68 Å². The standard InChI is InChI=1S/C20H17ClN6O2/c1-13-5-4-7-15(9-13)27-19-18(24-25-27)20(29)26(12-23-19)11-17(28)22-10-14-6-2-3-8-16(14)21/h2-9,12H,10-11H2,1H3,(H,22,28). The average molecular weight is 409 g/mol. The molecule has 8 nitrogen and oxygen atoms in total. The Morgan fingerprint density at radius 2 is 2.00 bits per heavy atom. The van der Waals surface area contributed by atoms with Gasteiger partial charge < -0.3 is 5.32 Å². The second kappa shape index (κ2) is 7.84. The molecule has 0 unspecified atom stereocenters. The molecule has 2 aromatic carbocycles. The first-order valence-corrected chi connectivity index (χ1v) is 9.29. The molecule has 1 amide bonds. The molecule has 4 rings (SSSR count). The van der Waals surface area contributed by atoms with Gasteiger partial charge in [0.05, 0.1) is 5.69 Å². The number of aromatic nitrogens is 5. The van der Waals surface area contributed by atoms with Crippen molar-refractivity contribution in [1.82, 2.24) is 29.9 Å². The summed E-state index contributed by atoms with van der Waals surface area (Å²) in [4.78, 5) is 29.3. The van der Waals surface area contributed by atoms with Crippen LogP contribution in [0.25, 0.3) is 16.9 Å². The molecule has 2 aromatic heterocycles. The van der Waals surface area contributed by atoms with Crippen molar-refractivity contribution in [2.45, 2.75) is 20.0 Å². The number of hydrogen-bond donors (Lipinski definition) is 1. The monoisotopic (exact) mass is 408 g/mol. The van der Waals surface area contributed by atoms with E-state index in [1.165, 1.54) is 15.6 Å². The number of amides is 1. The molecule has 9 heteroatoms. The maximum absolute atomic E-state index is 12.7. The van der Waals surface area contributed by atoms with E-state index in [9.17, 15) is 9.59 Å². The second-order valence-corrected chi connectivity index (χ2v) is 6.97. The van der Waals surface area contributed by atoms with Gasteiger partial charge in [0.15, 0.2) is 11.2 Å². The third-order valence-electron chi connectivity index (χ3n) is 4.42. The van der Waals surface area contributed by atoms with Crippen LogP contribution in [0, 0.1) is 6.92 Å². The number of fused-ring (bicyclic) bond motifs is 1. The molecule has 4 aromatic rings. The lowest BCUT2D eigenvalue weighted by Crippen LogP contribution is -2.32. The summed E-state index contributed by atoms with van der Waals surface area (Å²) < 4.78 is 2.71. The highest BCUT2D eigenvalue weighted by Crippen LogP contribution is 2.15. The lowest BCUT2D eigenvalue weighted by atomic mass is 10.2. The average Bonchev–Trinajstić information content (AvgIpc) is 3.14. The molecule has 1 N–H and O–H groups in total. The summed E-state index contributed by atoms with van der Waals surface area (Å²) in [6.45, 7) is 2.06. The van der Waals surface area contributed by atoms with Crippen LogP contribution < -0.4 is 10.9 Å². The fourth-order valence-electron chi connectivity index (χ4n) is 2.94. The minimum atomic E-state index is -0.429. The summed E-state index contributed by atoms with van der Waals surface area (Å²) in [7, 11) is 0. The molecule has 0 bridgehead atoms. The lowest BCUT2D eigenvalue weighted by molar-refractivity contribution is -0.121. The van der Waals surface area contributed by atoms with E-state index in [2.05, 4.69) is 20.6 Å². The Labute approximate surface area is 170 Å². The summed E-state index contributed by atoms with van der Waals surface area (Å²) in [5.74, 6) is -0.334. The lowest BCUT2D eigenvalue weighted by Gasteiger charge is -2.08. The van der Waals surface area contributed by atoms with Gasteiger partial charge >= 0.3 is 0 Å². The van der Waals surface area contributed by atoms with Crippen LogP contribution in [0.15, 0.2) is 59.7 Å². The van der Waals surface area contributed by atoms with Gasteiger partial charge in [-0.1, -0.05) is 47.1 Å². The van der Waals surface area contributed by atoms with Crippen molar-refractivity contribution in [3.05, 3.63) is 81.4 Å². The molecule has 0 aliphatic carbocycles. The fraction of sp³-hybridized carbons (Fsp3) is 0.150. The zero-order chi connectivity index (χ0) is 20.4. The van der Waals surface area contributed by atoms with Gasteiger partial charge in [0.2, 0.25) is 5.91 Å². The highest BCUT2D eigenvalue weighted by molar-refractivity contribution is 6.31. The largest absolute Gasteiger partial charge is 0.350 e. The number of nitrogens with one attached hydrogen (secondary N) is 1. The third-order valence-corrected chi connectivity index (χ3v) is 4.79. The minimum absolute atomic E-state index is 0.105. The Kier molecular flexibility index (Phi) is 5.09. The normalized spacial score (nSPS) is 11.0. The molecule has 146 valence electrons. The molecule has 0 saturated carbocycles. The van der Waals surface area contributed by atoms with Gasteiger partial charge in [-0.15, -0.1) is 5.10 Å². The van der Waals surface area contributed by atoms with Crippen LogP contribution in [-0.4, -0.2) is 30.5 Å². The molecule has 0 atom stereocenters. The van der Waals surface area contributed by atoms with E-state index in [0.29, 0.717) is 10.7 Å². The molecule has 0 aliphatic rings. The van der Waals surface area contributed by atoms with Crippen molar-refractivity contribution in [1.29, 1.82) is 0 Å². The number of carbonyl (C=O) groups is 1. The number of aryl methyl sites for hydroxylation is 1. The van der Waals surface area contributed by atoms with Gasteiger partial charge in [0.25, 0.3) is 5.56 Å². The smallest absolute Gasteiger partial charge is 0.284 e. The molecule has 0 fully saturated rings. The first-order chi connectivity index (χ1) is 14.0. The van der Waals surface area contributed by atoms with E-state index in [1.807, 2.05) is 49.4 Å². The molecule has 29 heavy (non-hydrogen) atoms. The van der Waals surface area contributed by atoms with Crippen LogP contribution >= 0.6 is 11.6 Å². The van der Waals surface area contributed by atoms with Crippen LogP contribution in [0.4, 0.5) is 0 Å². The van der Waals surface area contributed by atoms with Crippen LogP contribution in [0.2, 0.25) is 5.02 Å². The summed E-state index contributed by atoms with van der Waals surface area (Å²) >= 11 is 6.09. The van der Waals surface area contributed by atoms with Gasteiger partial charge in [0.1, 0.15) is 12.9 Å². The topological polar surface area (TPSA) is 94.7 Å². The van der Waals surface area contributed by atoms with Crippen LogP contribution in [-0.2, 0) is 17.9 Å². The zero-order valence-electron chi connectivity index (χ0n) is 15.5. The highest BCUT2D eigenvalue weighted by Gasteiger charge is 2.15. The van der Waals surface area contributed by atoms with E-state index in [-0.39, 0.29) is 24.5 Å². The van der Waals surface area contributed by atoms with E-state index < -0.39 is 5.56 Å². The number of benzene rings is 2. The summed E-state index contributed by atoms with van der Waals surface area (Å²) in [5, 5.41) is 11.3. The number of hydrogen-bond acceptors (Lipinski definition) is 5. The molecule has 0 radical (unpaired) electrons. The van der Waals surface area contributed by atoms with Gasteiger partial charge in [-0.05, 0) is 36.2 Å². The van der Waals surface area contributed by atoms with E-state index in [0.717, 1.165) is 16.8 Å².